The second-order valence-corrected chi connectivity index (χ2v) is 3.29. The SMILES string of the molecule is C/C=C\C=C/C/C=C/CNC(/C=C\C)=C/C. The minimum atomic E-state index is 0.876. The predicted molar refractivity (Wildman–Crippen MR) is 74.3 cm³/mol. The molecule has 16 heavy (non-hydrogen) atoms. The van der Waals surface area contributed by atoms with Crippen LogP contribution < -0.4 is 5.32 Å². The lowest BCUT2D eigenvalue weighted by Crippen LogP contribution is -2.10. The molecule has 0 rings (SSSR count). The maximum atomic E-state index is 3.32. The van der Waals surface area contributed by atoms with E-state index in [9.17, 15) is 0 Å². The van der Waals surface area contributed by atoms with E-state index in [0.29, 0.717) is 0 Å². The molecular formula is C15H23N. The summed E-state index contributed by atoms with van der Waals surface area (Å²) in [5, 5.41) is 3.32. The van der Waals surface area contributed by atoms with Crippen LogP contribution in [0.3, 0.4) is 0 Å². The smallest absolute Gasteiger partial charge is 0.0330 e. The summed E-state index contributed by atoms with van der Waals surface area (Å²) in [7, 11) is 0. The summed E-state index contributed by atoms with van der Waals surface area (Å²) < 4.78 is 0. The van der Waals surface area contributed by atoms with Crippen LogP contribution in [0.25, 0.3) is 0 Å². The third-order valence-corrected chi connectivity index (χ3v) is 1.96. The van der Waals surface area contributed by atoms with Crippen molar-refractivity contribution in [3.63, 3.8) is 0 Å². The highest BCUT2D eigenvalue weighted by Crippen LogP contribution is 1.91. The Morgan fingerprint density at radius 1 is 0.938 bits per heavy atom. The lowest BCUT2D eigenvalue weighted by Gasteiger charge is -2.02. The minimum Gasteiger partial charge on any atom is -0.382 e. The van der Waals surface area contributed by atoms with Crippen LogP contribution in [0.15, 0.2) is 60.4 Å². The van der Waals surface area contributed by atoms with Gasteiger partial charge in [-0.3, -0.25) is 0 Å². The molecule has 0 aromatic heterocycles. The van der Waals surface area contributed by atoms with Gasteiger partial charge >= 0.3 is 0 Å². The van der Waals surface area contributed by atoms with Crippen molar-refractivity contribution in [2.24, 2.45) is 0 Å². The van der Waals surface area contributed by atoms with Crippen LogP contribution in [0.1, 0.15) is 27.2 Å². The fraction of sp³-hybridized carbons (Fsp3) is 0.333. The molecular weight excluding hydrogens is 194 g/mol. The van der Waals surface area contributed by atoms with Gasteiger partial charge in [0.25, 0.3) is 0 Å². The zero-order valence-electron chi connectivity index (χ0n) is 10.6. The number of hydrogen-bond acceptors (Lipinski definition) is 1. The van der Waals surface area contributed by atoms with Gasteiger partial charge in [-0.15, -0.1) is 0 Å². The van der Waals surface area contributed by atoms with E-state index in [1.807, 2.05) is 39.0 Å². The Balaban J connectivity index is 3.69. The molecule has 0 fully saturated rings. The van der Waals surface area contributed by atoms with Crippen molar-refractivity contribution < 1.29 is 0 Å². The van der Waals surface area contributed by atoms with E-state index in [-0.39, 0.29) is 0 Å². The lowest BCUT2D eigenvalue weighted by atomic mass is 10.3. The van der Waals surface area contributed by atoms with Crippen molar-refractivity contribution in [3.05, 3.63) is 60.4 Å². The standard InChI is InChI=1S/C15H23N/c1-4-7-8-9-10-11-12-14-16-15(6-3)13-5-2/h4-9,11-13,16H,10,14H2,1-3H3/b7-4-,9-8-,12-11+,13-5-,15-6+. The van der Waals surface area contributed by atoms with Gasteiger partial charge in [-0.05, 0) is 33.3 Å². The highest BCUT2D eigenvalue weighted by Gasteiger charge is 1.84. The van der Waals surface area contributed by atoms with Crippen LogP contribution in [-0.4, -0.2) is 6.54 Å². The second-order valence-electron chi connectivity index (χ2n) is 3.29. The predicted octanol–water partition coefficient (Wildman–Crippen LogP) is 4.13. The van der Waals surface area contributed by atoms with Gasteiger partial charge in [0, 0.05) is 12.2 Å². The molecule has 1 N–H and O–H groups in total. The Bertz CT molecular complexity index is 291. The van der Waals surface area contributed by atoms with Gasteiger partial charge in [-0.1, -0.05) is 48.6 Å². The third kappa shape index (κ3) is 9.07. The molecule has 88 valence electrons. The topological polar surface area (TPSA) is 12.0 Å². The van der Waals surface area contributed by atoms with Crippen LogP contribution in [0.5, 0.6) is 0 Å². The van der Waals surface area contributed by atoms with E-state index in [4.69, 9.17) is 0 Å². The Labute approximate surface area is 100.0 Å². The Morgan fingerprint density at radius 2 is 1.75 bits per heavy atom. The van der Waals surface area contributed by atoms with Gasteiger partial charge in [-0.25, -0.2) is 0 Å². The summed E-state index contributed by atoms with van der Waals surface area (Å²) in [6, 6.07) is 0. The molecule has 0 aromatic carbocycles. The highest BCUT2D eigenvalue weighted by atomic mass is 14.9. The average molecular weight is 217 g/mol. The summed E-state index contributed by atoms with van der Waals surface area (Å²) in [6.07, 6.45) is 19.7. The summed E-state index contributed by atoms with van der Waals surface area (Å²) >= 11 is 0. The molecule has 0 aliphatic rings. The Kier molecular flexibility index (Phi) is 10.5. The van der Waals surface area contributed by atoms with E-state index in [0.717, 1.165) is 18.7 Å². The zero-order valence-corrected chi connectivity index (χ0v) is 10.6. The van der Waals surface area contributed by atoms with E-state index in [1.54, 1.807) is 0 Å². The van der Waals surface area contributed by atoms with Gasteiger partial charge in [0.2, 0.25) is 0 Å². The van der Waals surface area contributed by atoms with E-state index < -0.39 is 0 Å². The molecule has 0 amide bonds. The maximum Gasteiger partial charge on any atom is 0.0330 e. The van der Waals surface area contributed by atoms with Gasteiger partial charge in [0.15, 0.2) is 0 Å². The fourth-order valence-electron chi connectivity index (χ4n) is 1.14. The maximum absolute atomic E-state index is 3.32. The molecule has 0 saturated carbocycles. The van der Waals surface area contributed by atoms with Crippen molar-refractivity contribution in [1.29, 1.82) is 0 Å². The zero-order chi connectivity index (χ0) is 12.1. The van der Waals surface area contributed by atoms with Crippen molar-refractivity contribution in [2.75, 3.05) is 6.54 Å². The molecule has 0 bridgehead atoms. The molecule has 0 aliphatic heterocycles. The van der Waals surface area contributed by atoms with Gasteiger partial charge in [0.1, 0.15) is 0 Å². The van der Waals surface area contributed by atoms with Crippen molar-refractivity contribution in [1.82, 2.24) is 5.32 Å². The number of rotatable bonds is 7. The first-order valence-corrected chi connectivity index (χ1v) is 5.80. The number of hydrogen-bond donors (Lipinski definition) is 1. The summed E-state index contributed by atoms with van der Waals surface area (Å²) in [6.45, 7) is 6.95. The van der Waals surface area contributed by atoms with Crippen LogP contribution >= 0.6 is 0 Å². The Hall–Kier alpha value is -1.50. The van der Waals surface area contributed by atoms with Crippen LogP contribution in [0, 0.1) is 0 Å². The molecule has 0 aliphatic carbocycles. The van der Waals surface area contributed by atoms with Crippen LogP contribution in [0.2, 0.25) is 0 Å². The van der Waals surface area contributed by atoms with Crippen molar-refractivity contribution in [2.45, 2.75) is 27.2 Å². The molecule has 0 unspecified atom stereocenters. The molecule has 0 spiro atoms. The first-order valence-electron chi connectivity index (χ1n) is 5.80. The second kappa shape index (κ2) is 11.6. The largest absolute Gasteiger partial charge is 0.382 e. The van der Waals surface area contributed by atoms with Crippen molar-refractivity contribution >= 4 is 0 Å². The summed E-state index contributed by atoms with van der Waals surface area (Å²) in [5.74, 6) is 0. The summed E-state index contributed by atoms with van der Waals surface area (Å²) in [4.78, 5) is 0. The van der Waals surface area contributed by atoms with Crippen molar-refractivity contribution in [3.8, 4) is 0 Å². The first kappa shape index (κ1) is 14.5. The van der Waals surface area contributed by atoms with E-state index >= 15 is 0 Å². The first-order chi connectivity index (χ1) is 7.85. The van der Waals surface area contributed by atoms with Gasteiger partial charge < -0.3 is 5.32 Å². The average Bonchev–Trinajstić information content (AvgIpc) is 2.31. The highest BCUT2D eigenvalue weighted by molar-refractivity contribution is 5.15. The molecule has 1 nitrogen and oxygen atoms in total. The van der Waals surface area contributed by atoms with Crippen LogP contribution in [0.4, 0.5) is 0 Å². The molecule has 0 radical (unpaired) electrons. The van der Waals surface area contributed by atoms with Gasteiger partial charge in [0.05, 0.1) is 0 Å². The fourth-order valence-corrected chi connectivity index (χ4v) is 1.14. The minimum absolute atomic E-state index is 0.876. The molecule has 0 atom stereocenters. The van der Waals surface area contributed by atoms with E-state index in [2.05, 4.69) is 41.8 Å². The molecule has 0 saturated heterocycles. The third-order valence-electron chi connectivity index (χ3n) is 1.96. The van der Waals surface area contributed by atoms with E-state index in [1.165, 1.54) is 0 Å². The Morgan fingerprint density at radius 3 is 2.38 bits per heavy atom. The molecule has 0 aromatic rings. The van der Waals surface area contributed by atoms with Crippen LogP contribution in [-0.2, 0) is 0 Å². The quantitative estimate of drug-likeness (QED) is 0.499. The summed E-state index contributed by atoms with van der Waals surface area (Å²) in [5.41, 5.74) is 1.16. The van der Waals surface area contributed by atoms with Gasteiger partial charge in [-0.2, -0.15) is 0 Å². The monoisotopic (exact) mass is 217 g/mol. The number of allylic oxidation sites excluding steroid dienone is 8. The molecule has 1 heteroatoms. The number of nitrogens with one attached hydrogen (secondary N) is 1. The lowest BCUT2D eigenvalue weighted by molar-refractivity contribution is 0.928. The molecule has 0 heterocycles. The normalized spacial score (nSPS) is 13.8.